The van der Waals surface area contributed by atoms with E-state index in [0.29, 0.717) is 43.9 Å². The number of carbonyl (C=O) groups excluding carboxylic acids is 1. The number of nitrogens with one attached hydrogen (secondary N) is 1. The summed E-state index contributed by atoms with van der Waals surface area (Å²) in [5.74, 6) is 0.172. The van der Waals surface area contributed by atoms with Gasteiger partial charge in [-0.05, 0) is 40.8 Å². The molecule has 0 unspecified atom stereocenters. The maximum Gasteiger partial charge on any atom is 0.248 e. The van der Waals surface area contributed by atoms with Crippen molar-refractivity contribution in [2.24, 2.45) is 5.92 Å². The van der Waals surface area contributed by atoms with Crippen LogP contribution in [0.3, 0.4) is 0 Å². The SMILES string of the molecule is Cc1noc(C)c1S(=O)(=O)N1CCC(C(=O)NCCN(C)C)CC1. The highest BCUT2D eigenvalue weighted by molar-refractivity contribution is 7.89. The van der Waals surface area contributed by atoms with Crippen LogP contribution in [0.5, 0.6) is 0 Å². The maximum atomic E-state index is 12.7. The van der Waals surface area contributed by atoms with Gasteiger partial charge in [0.15, 0.2) is 5.76 Å². The first kappa shape index (κ1) is 18.9. The largest absolute Gasteiger partial charge is 0.360 e. The van der Waals surface area contributed by atoms with Crippen molar-refractivity contribution in [1.82, 2.24) is 19.7 Å². The van der Waals surface area contributed by atoms with Gasteiger partial charge < -0.3 is 14.7 Å². The fourth-order valence-corrected chi connectivity index (χ4v) is 4.64. The molecule has 24 heavy (non-hydrogen) atoms. The van der Waals surface area contributed by atoms with Crippen LogP contribution in [0, 0.1) is 19.8 Å². The Kier molecular flexibility index (Phi) is 6.00. The molecule has 0 bridgehead atoms. The molecular weight excluding hydrogens is 332 g/mol. The molecule has 0 aromatic carbocycles. The van der Waals surface area contributed by atoms with Crippen molar-refractivity contribution < 1.29 is 17.7 Å². The van der Waals surface area contributed by atoms with E-state index in [9.17, 15) is 13.2 Å². The molecule has 0 saturated carbocycles. The third-order valence-corrected chi connectivity index (χ3v) is 6.39. The van der Waals surface area contributed by atoms with Gasteiger partial charge in [-0.2, -0.15) is 4.31 Å². The Morgan fingerprint density at radius 1 is 1.33 bits per heavy atom. The van der Waals surface area contributed by atoms with E-state index in [4.69, 9.17) is 4.52 Å². The lowest BCUT2D eigenvalue weighted by Gasteiger charge is -2.30. The number of piperidine rings is 1. The monoisotopic (exact) mass is 358 g/mol. The Balaban J connectivity index is 1.94. The van der Waals surface area contributed by atoms with Crippen LogP contribution in [-0.2, 0) is 14.8 Å². The van der Waals surface area contributed by atoms with E-state index in [1.807, 2.05) is 19.0 Å². The fraction of sp³-hybridized carbons (Fsp3) is 0.733. The molecule has 1 aromatic rings. The van der Waals surface area contributed by atoms with Gasteiger partial charge in [-0.1, -0.05) is 5.16 Å². The number of carbonyl (C=O) groups is 1. The van der Waals surface area contributed by atoms with Gasteiger partial charge in [0.1, 0.15) is 10.6 Å². The summed E-state index contributed by atoms with van der Waals surface area (Å²) in [6.45, 7) is 5.26. The van der Waals surface area contributed by atoms with Gasteiger partial charge in [-0.3, -0.25) is 4.79 Å². The molecule has 136 valence electrons. The van der Waals surface area contributed by atoms with Gasteiger partial charge >= 0.3 is 0 Å². The highest BCUT2D eigenvalue weighted by Crippen LogP contribution is 2.27. The van der Waals surface area contributed by atoms with Gasteiger partial charge in [0.2, 0.25) is 15.9 Å². The van der Waals surface area contributed by atoms with Crippen LogP contribution in [0.4, 0.5) is 0 Å². The zero-order valence-electron chi connectivity index (χ0n) is 14.7. The molecule has 0 radical (unpaired) electrons. The van der Waals surface area contributed by atoms with Crippen LogP contribution in [0.2, 0.25) is 0 Å². The van der Waals surface area contributed by atoms with Crippen molar-refractivity contribution in [1.29, 1.82) is 0 Å². The normalized spacial score (nSPS) is 17.4. The summed E-state index contributed by atoms with van der Waals surface area (Å²) in [5, 5.41) is 6.63. The fourth-order valence-electron chi connectivity index (χ4n) is 2.88. The molecule has 1 aromatic heterocycles. The predicted molar refractivity (Wildman–Crippen MR) is 89.0 cm³/mol. The molecule has 1 N–H and O–H groups in total. The van der Waals surface area contributed by atoms with E-state index < -0.39 is 10.0 Å². The van der Waals surface area contributed by atoms with Gasteiger partial charge in [-0.15, -0.1) is 0 Å². The Morgan fingerprint density at radius 3 is 2.46 bits per heavy atom. The minimum Gasteiger partial charge on any atom is -0.360 e. The van der Waals surface area contributed by atoms with Gasteiger partial charge in [0, 0.05) is 32.1 Å². The van der Waals surface area contributed by atoms with Crippen LogP contribution >= 0.6 is 0 Å². The van der Waals surface area contributed by atoms with Crippen molar-refractivity contribution in [3.8, 4) is 0 Å². The number of rotatable bonds is 6. The molecule has 1 aliphatic heterocycles. The van der Waals surface area contributed by atoms with E-state index >= 15 is 0 Å². The zero-order valence-corrected chi connectivity index (χ0v) is 15.5. The first-order valence-corrected chi connectivity index (χ1v) is 9.53. The number of hydrogen-bond acceptors (Lipinski definition) is 6. The number of aryl methyl sites for hydroxylation is 2. The summed E-state index contributed by atoms with van der Waals surface area (Å²) >= 11 is 0. The van der Waals surface area contributed by atoms with E-state index in [2.05, 4.69) is 10.5 Å². The lowest BCUT2D eigenvalue weighted by atomic mass is 9.97. The summed E-state index contributed by atoms with van der Waals surface area (Å²) in [6.07, 6.45) is 1.05. The number of sulfonamides is 1. The maximum absolute atomic E-state index is 12.7. The van der Waals surface area contributed by atoms with Crippen LogP contribution in [0.25, 0.3) is 0 Å². The second-order valence-electron chi connectivity index (χ2n) is 6.43. The molecule has 8 nitrogen and oxygen atoms in total. The number of nitrogens with zero attached hydrogens (tertiary/aromatic N) is 3. The van der Waals surface area contributed by atoms with Crippen LogP contribution in [-0.4, -0.2) is 69.0 Å². The van der Waals surface area contributed by atoms with E-state index in [1.165, 1.54) is 4.31 Å². The van der Waals surface area contributed by atoms with Crippen LogP contribution in [0.15, 0.2) is 9.42 Å². The standard InChI is InChI=1S/C15H26N4O4S/c1-11-14(12(2)23-17-11)24(21,22)19-8-5-13(6-9-19)15(20)16-7-10-18(3)4/h13H,5-10H2,1-4H3,(H,16,20). The van der Waals surface area contributed by atoms with Crippen molar-refractivity contribution in [2.75, 3.05) is 40.3 Å². The summed E-state index contributed by atoms with van der Waals surface area (Å²) < 4.78 is 31.9. The van der Waals surface area contributed by atoms with E-state index in [-0.39, 0.29) is 16.7 Å². The van der Waals surface area contributed by atoms with Crippen molar-refractivity contribution in [3.05, 3.63) is 11.5 Å². The molecule has 1 fully saturated rings. The minimum absolute atomic E-state index is 0.00577. The lowest BCUT2D eigenvalue weighted by Crippen LogP contribution is -2.44. The van der Waals surface area contributed by atoms with Gasteiger partial charge in [-0.25, -0.2) is 8.42 Å². The Hall–Kier alpha value is -1.45. The van der Waals surface area contributed by atoms with E-state index in [1.54, 1.807) is 13.8 Å². The molecular formula is C15H26N4O4S. The molecule has 1 saturated heterocycles. The van der Waals surface area contributed by atoms with Crippen LogP contribution < -0.4 is 5.32 Å². The summed E-state index contributed by atoms with van der Waals surface area (Å²) in [6, 6.07) is 0. The molecule has 2 rings (SSSR count). The number of likely N-dealkylation sites (N-methyl/N-ethyl adjacent to an activating group) is 1. The van der Waals surface area contributed by atoms with Crippen LogP contribution in [0.1, 0.15) is 24.3 Å². The first-order valence-electron chi connectivity index (χ1n) is 8.09. The minimum atomic E-state index is -3.62. The quantitative estimate of drug-likeness (QED) is 0.789. The molecule has 1 aliphatic rings. The second-order valence-corrected chi connectivity index (χ2v) is 8.30. The predicted octanol–water partition coefficient (Wildman–Crippen LogP) is 0.370. The van der Waals surface area contributed by atoms with Crippen molar-refractivity contribution in [3.63, 3.8) is 0 Å². The average molecular weight is 358 g/mol. The Morgan fingerprint density at radius 2 is 1.96 bits per heavy atom. The van der Waals surface area contributed by atoms with Gasteiger partial charge in [0.25, 0.3) is 0 Å². The average Bonchev–Trinajstić information content (AvgIpc) is 2.86. The molecule has 9 heteroatoms. The summed E-state index contributed by atoms with van der Waals surface area (Å²) in [5.41, 5.74) is 0.371. The molecule has 0 aliphatic carbocycles. The molecule has 0 atom stereocenters. The van der Waals surface area contributed by atoms with Gasteiger partial charge in [0.05, 0.1) is 0 Å². The number of hydrogen-bond donors (Lipinski definition) is 1. The Labute approximate surface area is 143 Å². The first-order chi connectivity index (χ1) is 11.2. The van der Waals surface area contributed by atoms with Crippen molar-refractivity contribution >= 4 is 15.9 Å². The third kappa shape index (κ3) is 4.14. The molecule has 0 spiro atoms. The Bertz CT molecular complexity index is 656. The highest BCUT2D eigenvalue weighted by Gasteiger charge is 2.35. The molecule has 1 amide bonds. The summed E-state index contributed by atoms with van der Waals surface area (Å²) in [4.78, 5) is 14.3. The smallest absolute Gasteiger partial charge is 0.248 e. The van der Waals surface area contributed by atoms with Crippen molar-refractivity contribution in [2.45, 2.75) is 31.6 Å². The number of amides is 1. The summed E-state index contributed by atoms with van der Waals surface area (Å²) in [7, 11) is 0.279. The zero-order chi connectivity index (χ0) is 17.9. The topological polar surface area (TPSA) is 95.8 Å². The molecule has 2 heterocycles. The highest BCUT2D eigenvalue weighted by atomic mass is 32.2. The second kappa shape index (κ2) is 7.62. The third-order valence-electron chi connectivity index (χ3n) is 4.25. The number of aromatic nitrogens is 1. The van der Waals surface area contributed by atoms with E-state index in [0.717, 1.165) is 6.54 Å². The lowest BCUT2D eigenvalue weighted by molar-refractivity contribution is -0.126.